The van der Waals surface area contributed by atoms with Gasteiger partial charge in [0.05, 0.1) is 12.0 Å². The number of allylic oxidation sites excluding steroid dienone is 1. The second-order valence-corrected chi connectivity index (χ2v) is 4.93. The predicted molar refractivity (Wildman–Crippen MR) is 60.1 cm³/mol. The largest absolute Gasteiger partial charge is 0.300 e. The Morgan fingerprint density at radius 1 is 1.73 bits per heavy atom. The van der Waals surface area contributed by atoms with E-state index in [0.717, 1.165) is 32.1 Å². The SMILES string of the molecule is C=CCC(C#N)CC1(C)CCCC(=O)C1. The van der Waals surface area contributed by atoms with E-state index in [2.05, 4.69) is 19.6 Å². The van der Waals surface area contributed by atoms with Crippen LogP contribution in [0.15, 0.2) is 12.7 Å². The third-order valence-electron chi connectivity index (χ3n) is 3.23. The highest BCUT2D eigenvalue weighted by molar-refractivity contribution is 5.79. The lowest BCUT2D eigenvalue weighted by atomic mass is 9.70. The number of hydrogen-bond donors (Lipinski definition) is 0. The van der Waals surface area contributed by atoms with Gasteiger partial charge in [0.15, 0.2) is 0 Å². The van der Waals surface area contributed by atoms with Gasteiger partial charge < -0.3 is 0 Å². The fraction of sp³-hybridized carbons (Fsp3) is 0.692. The number of carbonyl (C=O) groups is 1. The number of carbonyl (C=O) groups excluding carboxylic acids is 1. The lowest BCUT2D eigenvalue weighted by Crippen LogP contribution is -2.28. The standard InChI is InChI=1S/C13H19NO/c1-3-5-11(10-14)8-13(2)7-4-6-12(15)9-13/h3,11H,1,4-9H2,2H3. The quantitative estimate of drug-likeness (QED) is 0.661. The molecule has 0 aromatic heterocycles. The molecule has 0 radical (unpaired) electrons. The van der Waals surface area contributed by atoms with Gasteiger partial charge in [-0.1, -0.05) is 13.0 Å². The summed E-state index contributed by atoms with van der Waals surface area (Å²) in [6.07, 6.45) is 6.82. The first kappa shape index (κ1) is 12.0. The molecule has 2 nitrogen and oxygen atoms in total. The van der Waals surface area contributed by atoms with E-state index in [1.54, 1.807) is 6.08 Å². The third-order valence-corrected chi connectivity index (χ3v) is 3.23. The number of nitrogens with zero attached hydrogens (tertiary/aromatic N) is 1. The van der Waals surface area contributed by atoms with Crippen molar-refractivity contribution < 1.29 is 4.79 Å². The van der Waals surface area contributed by atoms with Crippen molar-refractivity contribution in [2.24, 2.45) is 11.3 Å². The van der Waals surface area contributed by atoms with Crippen molar-refractivity contribution in [3.8, 4) is 6.07 Å². The molecular weight excluding hydrogens is 186 g/mol. The number of ketones is 1. The highest BCUT2D eigenvalue weighted by atomic mass is 16.1. The molecule has 2 unspecified atom stereocenters. The van der Waals surface area contributed by atoms with E-state index in [1.165, 1.54) is 0 Å². The van der Waals surface area contributed by atoms with E-state index in [0.29, 0.717) is 12.2 Å². The second-order valence-electron chi connectivity index (χ2n) is 4.93. The summed E-state index contributed by atoms with van der Waals surface area (Å²) in [6, 6.07) is 2.31. The molecule has 1 rings (SSSR count). The van der Waals surface area contributed by atoms with E-state index in [-0.39, 0.29) is 11.3 Å². The second kappa shape index (κ2) is 5.11. The lowest BCUT2D eigenvalue weighted by molar-refractivity contribution is -0.123. The molecule has 15 heavy (non-hydrogen) atoms. The van der Waals surface area contributed by atoms with E-state index >= 15 is 0 Å². The van der Waals surface area contributed by atoms with Crippen LogP contribution < -0.4 is 0 Å². The van der Waals surface area contributed by atoms with E-state index in [1.807, 2.05) is 0 Å². The Labute approximate surface area is 92.0 Å². The number of Topliss-reactive ketones (excluding diaryl/α,β-unsaturated/α-hetero) is 1. The molecule has 0 heterocycles. The van der Waals surface area contributed by atoms with Gasteiger partial charge in [0.1, 0.15) is 5.78 Å². The van der Waals surface area contributed by atoms with Gasteiger partial charge in [-0.05, 0) is 31.1 Å². The Morgan fingerprint density at radius 3 is 3.00 bits per heavy atom. The van der Waals surface area contributed by atoms with Crippen LogP contribution in [0.5, 0.6) is 0 Å². The van der Waals surface area contributed by atoms with Crippen LogP contribution >= 0.6 is 0 Å². The van der Waals surface area contributed by atoms with Crippen molar-refractivity contribution in [2.75, 3.05) is 0 Å². The number of nitriles is 1. The highest BCUT2D eigenvalue weighted by Gasteiger charge is 2.33. The van der Waals surface area contributed by atoms with Gasteiger partial charge >= 0.3 is 0 Å². The molecule has 1 saturated carbocycles. The van der Waals surface area contributed by atoms with E-state index < -0.39 is 0 Å². The van der Waals surface area contributed by atoms with Crippen LogP contribution in [0, 0.1) is 22.7 Å². The Balaban J connectivity index is 2.57. The minimum Gasteiger partial charge on any atom is -0.300 e. The number of hydrogen-bond acceptors (Lipinski definition) is 2. The van der Waals surface area contributed by atoms with Crippen LogP contribution in [0.4, 0.5) is 0 Å². The highest BCUT2D eigenvalue weighted by Crippen LogP contribution is 2.40. The molecule has 0 aromatic carbocycles. The summed E-state index contributed by atoms with van der Waals surface area (Å²) in [5.41, 5.74) is 0.0543. The molecule has 0 N–H and O–H groups in total. The molecule has 0 amide bonds. The molecule has 2 atom stereocenters. The van der Waals surface area contributed by atoms with Gasteiger partial charge in [0.2, 0.25) is 0 Å². The molecule has 0 saturated heterocycles. The van der Waals surface area contributed by atoms with Crippen LogP contribution in [0.3, 0.4) is 0 Å². The maximum atomic E-state index is 11.4. The smallest absolute Gasteiger partial charge is 0.133 e. The lowest BCUT2D eigenvalue weighted by Gasteiger charge is -2.34. The summed E-state index contributed by atoms with van der Waals surface area (Å²) < 4.78 is 0. The zero-order chi connectivity index (χ0) is 11.3. The molecule has 0 bridgehead atoms. The van der Waals surface area contributed by atoms with Crippen molar-refractivity contribution in [3.63, 3.8) is 0 Å². The first-order valence-electron chi connectivity index (χ1n) is 5.62. The van der Waals surface area contributed by atoms with Crippen LogP contribution in [0.25, 0.3) is 0 Å². The van der Waals surface area contributed by atoms with Crippen molar-refractivity contribution in [3.05, 3.63) is 12.7 Å². The van der Waals surface area contributed by atoms with Gasteiger partial charge in [-0.2, -0.15) is 5.26 Å². The molecule has 1 aliphatic rings. The van der Waals surface area contributed by atoms with Crippen molar-refractivity contribution >= 4 is 5.78 Å². The summed E-state index contributed by atoms with van der Waals surface area (Å²) >= 11 is 0. The molecule has 0 aromatic rings. The zero-order valence-corrected chi connectivity index (χ0v) is 9.46. The maximum absolute atomic E-state index is 11.4. The number of rotatable bonds is 4. The van der Waals surface area contributed by atoms with Gasteiger partial charge in [0.25, 0.3) is 0 Å². The molecular formula is C13H19NO. The van der Waals surface area contributed by atoms with Crippen LogP contribution in [0.1, 0.15) is 45.4 Å². The molecule has 0 aliphatic heterocycles. The molecule has 82 valence electrons. The molecule has 0 spiro atoms. The van der Waals surface area contributed by atoms with E-state index in [4.69, 9.17) is 5.26 Å². The first-order valence-corrected chi connectivity index (χ1v) is 5.62. The summed E-state index contributed by atoms with van der Waals surface area (Å²) in [5, 5.41) is 8.99. The fourth-order valence-corrected chi connectivity index (χ4v) is 2.52. The molecule has 2 heteroatoms. The van der Waals surface area contributed by atoms with E-state index in [9.17, 15) is 4.79 Å². The van der Waals surface area contributed by atoms with Crippen molar-refractivity contribution in [2.45, 2.75) is 45.4 Å². The Hall–Kier alpha value is -1.10. The van der Waals surface area contributed by atoms with Crippen molar-refractivity contribution in [1.29, 1.82) is 5.26 Å². The minimum atomic E-state index is 0.0263. The molecule has 1 fully saturated rings. The van der Waals surface area contributed by atoms with Gasteiger partial charge in [-0.15, -0.1) is 6.58 Å². The monoisotopic (exact) mass is 205 g/mol. The van der Waals surface area contributed by atoms with Gasteiger partial charge in [-0.3, -0.25) is 4.79 Å². The van der Waals surface area contributed by atoms with Gasteiger partial charge in [-0.25, -0.2) is 0 Å². The van der Waals surface area contributed by atoms with Crippen LogP contribution in [-0.4, -0.2) is 5.78 Å². The average Bonchev–Trinajstić information content (AvgIpc) is 2.16. The minimum absolute atomic E-state index is 0.0263. The maximum Gasteiger partial charge on any atom is 0.133 e. The molecule has 1 aliphatic carbocycles. The topological polar surface area (TPSA) is 40.9 Å². The summed E-state index contributed by atoms with van der Waals surface area (Å²) in [5.74, 6) is 0.387. The zero-order valence-electron chi connectivity index (χ0n) is 9.46. The Morgan fingerprint density at radius 2 is 2.47 bits per heavy atom. The first-order chi connectivity index (χ1) is 7.09. The summed E-state index contributed by atoms with van der Waals surface area (Å²) in [4.78, 5) is 11.4. The Bertz CT molecular complexity index is 289. The summed E-state index contributed by atoms with van der Waals surface area (Å²) in [6.45, 7) is 5.80. The normalized spacial score (nSPS) is 28.1. The summed E-state index contributed by atoms with van der Waals surface area (Å²) in [7, 11) is 0. The Kier molecular flexibility index (Phi) is 4.08. The van der Waals surface area contributed by atoms with Gasteiger partial charge in [0, 0.05) is 12.8 Å². The predicted octanol–water partition coefficient (Wildman–Crippen LogP) is 3.24. The van der Waals surface area contributed by atoms with Crippen LogP contribution in [-0.2, 0) is 4.79 Å². The van der Waals surface area contributed by atoms with Crippen molar-refractivity contribution in [1.82, 2.24) is 0 Å². The fourth-order valence-electron chi connectivity index (χ4n) is 2.52. The third kappa shape index (κ3) is 3.51. The van der Waals surface area contributed by atoms with Crippen LogP contribution in [0.2, 0.25) is 0 Å². The average molecular weight is 205 g/mol.